The molecule has 0 aliphatic carbocycles. The minimum atomic E-state index is -0.185. The molecule has 8 rings (SSSR count). The number of benzene rings is 4. The zero-order valence-corrected chi connectivity index (χ0v) is 48.6. The second-order valence-electron chi connectivity index (χ2n) is 20.1. The second-order valence-corrected chi connectivity index (χ2v) is 27.9. The minimum Gasteiger partial charge on any atom is -1.00 e. The number of fused-ring (bicyclic) bond motifs is 4. The van der Waals surface area contributed by atoms with Gasteiger partial charge >= 0.3 is 52.4 Å². The van der Waals surface area contributed by atoms with E-state index in [-0.39, 0.29) is 93.1 Å². The molecule has 8 aromatic carbocycles. The molecule has 0 spiro atoms. The molecule has 0 N–H and O–H groups in total. The quantitative estimate of drug-likeness (QED) is 0.120. The Balaban J connectivity index is 0.000000414. The number of hydrogen-bond donors (Lipinski definition) is 0. The molecule has 0 unspecified atom stereocenters. The fourth-order valence-corrected chi connectivity index (χ4v) is 17.4. The zero-order chi connectivity index (χ0) is 42.8. The van der Waals surface area contributed by atoms with Gasteiger partial charge in [-0.2, -0.15) is 36.4 Å². The van der Waals surface area contributed by atoms with Crippen molar-refractivity contribution < 1.29 is 77.2 Å². The van der Waals surface area contributed by atoms with Crippen LogP contribution in [-0.2, 0) is 52.4 Å². The summed E-state index contributed by atoms with van der Waals surface area (Å²) in [7, 11) is -0.369. The van der Waals surface area contributed by atoms with Crippen molar-refractivity contribution in [3.05, 3.63) is 156 Å². The maximum Gasteiger partial charge on any atom is 2.00 e. The van der Waals surface area contributed by atoms with Gasteiger partial charge in [-0.1, -0.05) is 148 Å². The van der Waals surface area contributed by atoms with E-state index in [1.807, 2.05) is 0 Å². The third kappa shape index (κ3) is 14.8. The van der Waals surface area contributed by atoms with E-state index in [1.54, 1.807) is 10.6 Å². The van der Waals surface area contributed by atoms with E-state index in [9.17, 15) is 0 Å². The van der Waals surface area contributed by atoms with Crippen molar-refractivity contribution in [2.45, 2.75) is 131 Å². The fraction of sp³-hybridized carbons (Fsp3) is 0.357. The van der Waals surface area contributed by atoms with Gasteiger partial charge in [-0.3, -0.25) is 0 Å². The standard InChI is InChI=1S/2C17H24P.2C11H11.2ClH.2Zr/c2*1-16(2,3)18(17(4,5)6)15-11-13-9-7-8-10-14(13)12-15;2*1-8-6-7-9(2)11-5-3-4-10(8)11;;;;/h2*7-12H,1-6H3;2*3-7H,1-2H3;2*1H;;/q4*-1;;;2*+2/p-2. The van der Waals surface area contributed by atoms with E-state index >= 15 is 0 Å². The monoisotopic (exact) mass is 1050 g/mol. The fourth-order valence-electron chi connectivity index (χ4n) is 9.16. The molecule has 0 aliphatic heterocycles. The third-order valence-corrected chi connectivity index (χ3v) is 17.8. The molecule has 0 saturated heterocycles. The summed E-state index contributed by atoms with van der Waals surface area (Å²) >= 11 is 0. The van der Waals surface area contributed by atoms with Crippen molar-refractivity contribution in [3.63, 3.8) is 0 Å². The summed E-state index contributed by atoms with van der Waals surface area (Å²) in [5.74, 6) is 0. The molecule has 328 valence electrons. The summed E-state index contributed by atoms with van der Waals surface area (Å²) in [5, 5.41) is 15.6. The molecule has 0 bridgehead atoms. The third-order valence-electron chi connectivity index (χ3n) is 10.9. The number of halogens is 2. The predicted octanol–water partition coefficient (Wildman–Crippen LogP) is 10.9. The van der Waals surface area contributed by atoms with Gasteiger partial charge in [0.1, 0.15) is 0 Å². The van der Waals surface area contributed by atoms with Crippen LogP contribution in [0.15, 0.2) is 133 Å². The molecule has 0 aliphatic rings. The first kappa shape index (κ1) is 58.5. The largest absolute Gasteiger partial charge is 2.00 e. The Kier molecular flexibility index (Phi) is 22.5. The van der Waals surface area contributed by atoms with Crippen LogP contribution < -0.4 is 35.4 Å². The van der Waals surface area contributed by atoms with Crippen molar-refractivity contribution >= 4 is 69.5 Å². The van der Waals surface area contributed by atoms with Crippen LogP contribution in [0.4, 0.5) is 0 Å². The average molecular weight is 1060 g/mol. The summed E-state index contributed by atoms with van der Waals surface area (Å²) in [4.78, 5) is 0. The van der Waals surface area contributed by atoms with Crippen molar-refractivity contribution in [1.29, 1.82) is 0 Å². The van der Waals surface area contributed by atoms with Crippen LogP contribution in [0.5, 0.6) is 0 Å². The maximum absolute atomic E-state index is 2.40. The van der Waals surface area contributed by atoms with Gasteiger partial charge in [0.05, 0.1) is 0 Å². The summed E-state index contributed by atoms with van der Waals surface area (Å²) in [5.41, 5.74) is 5.48. The number of aryl methyl sites for hydroxylation is 4. The van der Waals surface area contributed by atoms with E-state index in [4.69, 9.17) is 0 Å². The zero-order valence-electron chi connectivity index (χ0n) is 40.4. The van der Waals surface area contributed by atoms with Gasteiger partial charge in [-0.15, -0.1) is 138 Å². The van der Waals surface area contributed by atoms with Gasteiger partial charge in [0, 0.05) is 0 Å². The maximum atomic E-state index is 2.40. The van der Waals surface area contributed by atoms with E-state index in [2.05, 4.69) is 244 Å². The van der Waals surface area contributed by atoms with E-state index in [1.165, 1.54) is 65.3 Å². The Morgan fingerprint density at radius 3 is 0.952 bits per heavy atom. The first-order valence-electron chi connectivity index (χ1n) is 21.1. The molecule has 0 heterocycles. The second kappa shape index (κ2) is 23.8. The van der Waals surface area contributed by atoms with Crippen LogP contribution in [0.25, 0.3) is 43.1 Å². The summed E-state index contributed by atoms with van der Waals surface area (Å²) in [6, 6.07) is 48.6. The topological polar surface area (TPSA) is 0 Å². The van der Waals surface area contributed by atoms with Gasteiger partial charge in [-0.05, 0) is 34.5 Å². The van der Waals surface area contributed by atoms with Crippen LogP contribution in [0.3, 0.4) is 0 Å². The summed E-state index contributed by atoms with van der Waals surface area (Å²) in [6.45, 7) is 37.1. The smallest absolute Gasteiger partial charge is 1.00 e. The minimum absolute atomic E-state index is 0. The first-order valence-corrected chi connectivity index (χ1v) is 23.8. The van der Waals surface area contributed by atoms with E-state index in [0.717, 1.165) is 0 Å². The van der Waals surface area contributed by atoms with Crippen molar-refractivity contribution in [2.24, 2.45) is 0 Å². The van der Waals surface area contributed by atoms with Crippen LogP contribution in [-0.4, -0.2) is 20.6 Å². The summed E-state index contributed by atoms with van der Waals surface area (Å²) < 4.78 is 0. The molecule has 0 aromatic heterocycles. The molecular formula is C56H70Cl2P2Zr2-2. The molecular weight excluding hydrogens is 988 g/mol. The van der Waals surface area contributed by atoms with Gasteiger partial charge in [0.25, 0.3) is 0 Å². The van der Waals surface area contributed by atoms with Crippen LogP contribution in [0.1, 0.15) is 105 Å². The Bertz CT molecular complexity index is 2220. The van der Waals surface area contributed by atoms with Crippen LogP contribution in [0.2, 0.25) is 0 Å². The van der Waals surface area contributed by atoms with Crippen molar-refractivity contribution in [3.8, 4) is 0 Å². The molecule has 0 atom stereocenters. The number of rotatable bonds is 2. The van der Waals surface area contributed by atoms with Crippen LogP contribution >= 0.6 is 15.8 Å². The Morgan fingerprint density at radius 1 is 0.387 bits per heavy atom. The van der Waals surface area contributed by atoms with Gasteiger partial charge in [0.15, 0.2) is 0 Å². The molecule has 0 nitrogen and oxygen atoms in total. The van der Waals surface area contributed by atoms with Gasteiger partial charge in [0.2, 0.25) is 0 Å². The Labute approximate surface area is 429 Å². The van der Waals surface area contributed by atoms with Gasteiger partial charge in [-0.25, -0.2) is 0 Å². The van der Waals surface area contributed by atoms with E-state index < -0.39 is 0 Å². The molecule has 0 fully saturated rings. The Hall–Kier alpha value is -1.47. The molecule has 8 aromatic rings. The first-order chi connectivity index (χ1) is 27.0. The van der Waals surface area contributed by atoms with Crippen LogP contribution in [0, 0.1) is 27.7 Å². The molecule has 0 saturated carbocycles. The van der Waals surface area contributed by atoms with Crippen molar-refractivity contribution in [1.82, 2.24) is 0 Å². The molecule has 0 amide bonds. The van der Waals surface area contributed by atoms with Crippen molar-refractivity contribution in [2.75, 3.05) is 0 Å². The summed E-state index contributed by atoms with van der Waals surface area (Å²) in [6.07, 6.45) is 0. The van der Waals surface area contributed by atoms with E-state index in [0.29, 0.717) is 20.6 Å². The average Bonchev–Trinajstić information content (AvgIpc) is 3.92. The Morgan fingerprint density at radius 2 is 0.677 bits per heavy atom. The predicted molar refractivity (Wildman–Crippen MR) is 269 cm³/mol. The molecule has 6 heteroatoms. The molecule has 0 radical (unpaired) electrons. The number of hydrogen-bond acceptors (Lipinski definition) is 0. The SMILES string of the molecule is CC(C)(C)P(c1cc2ccccc2[cH-]1)C(C)(C)C.CC(C)(C)P(c1cc2ccccc2[cH-]1)C(C)(C)C.Cc1ccc(C)c2[cH-]ccc12.Cc1ccc(C)c2[cH-]ccc12.[Cl-].[Cl-].[Zr+2].[Zr+2]. The normalized spacial score (nSPS) is 11.6. The van der Waals surface area contributed by atoms with Gasteiger partial charge < -0.3 is 24.8 Å². The molecule has 62 heavy (non-hydrogen) atoms.